The molecule has 0 bridgehead atoms. The molecular formula is C12H14F3NO2. The number of carboxylic acid groups (broad SMARTS) is 1. The molecule has 18 heavy (non-hydrogen) atoms. The summed E-state index contributed by atoms with van der Waals surface area (Å²) in [5, 5.41) is 8.72. The Bertz CT molecular complexity index is 412. The third-order valence-corrected chi connectivity index (χ3v) is 2.42. The summed E-state index contributed by atoms with van der Waals surface area (Å²) < 4.78 is 37.3. The Labute approximate surface area is 103 Å². The van der Waals surface area contributed by atoms with Gasteiger partial charge in [0.1, 0.15) is 6.54 Å². The smallest absolute Gasteiger partial charge is 0.405 e. The highest BCUT2D eigenvalue weighted by Crippen LogP contribution is 2.24. The summed E-state index contributed by atoms with van der Waals surface area (Å²) in [6, 6.07) is 5.03. The molecule has 0 aliphatic heterocycles. The average Bonchev–Trinajstić information content (AvgIpc) is 2.24. The van der Waals surface area contributed by atoms with Gasteiger partial charge in [-0.15, -0.1) is 0 Å². The summed E-state index contributed by atoms with van der Waals surface area (Å²) in [5.41, 5.74) is 0.404. The van der Waals surface area contributed by atoms with Gasteiger partial charge in [-0.1, -0.05) is 0 Å². The minimum Gasteiger partial charge on any atom is -0.478 e. The molecule has 100 valence electrons. The molecular weight excluding hydrogens is 247 g/mol. The van der Waals surface area contributed by atoms with Crippen LogP contribution in [-0.2, 0) is 0 Å². The normalized spacial score (nSPS) is 11.7. The number of carbonyl (C=O) groups is 1. The van der Waals surface area contributed by atoms with Crippen molar-refractivity contribution in [1.82, 2.24) is 0 Å². The van der Waals surface area contributed by atoms with E-state index in [0.29, 0.717) is 5.69 Å². The number of anilines is 1. The number of benzene rings is 1. The molecule has 0 spiro atoms. The Balaban J connectivity index is 2.96. The van der Waals surface area contributed by atoms with Crippen molar-refractivity contribution in [3.8, 4) is 0 Å². The van der Waals surface area contributed by atoms with Crippen LogP contribution in [0.1, 0.15) is 24.2 Å². The third kappa shape index (κ3) is 3.94. The van der Waals surface area contributed by atoms with E-state index in [1.54, 1.807) is 13.8 Å². The second kappa shape index (κ2) is 5.29. The number of aromatic carboxylic acids is 1. The molecule has 0 aliphatic carbocycles. The lowest BCUT2D eigenvalue weighted by Gasteiger charge is -2.29. The van der Waals surface area contributed by atoms with E-state index in [1.807, 2.05) is 0 Å². The van der Waals surface area contributed by atoms with Crippen LogP contribution in [0.25, 0.3) is 0 Å². The van der Waals surface area contributed by atoms with Gasteiger partial charge in [-0.25, -0.2) is 4.79 Å². The first kappa shape index (κ1) is 14.3. The maximum absolute atomic E-state index is 12.4. The molecule has 1 aromatic rings. The van der Waals surface area contributed by atoms with Crippen LogP contribution in [0.5, 0.6) is 0 Å². The van der Waals surface area contributed by atoms with Crippen LogP contribution in [-0.4, -0.2) is 29.8 Å². The van der Waals surface area contributed by atoms with E-state index in [2.05, 4.69) is 0 Å². The van der Waals surface area contributed by atoms with Gasteiger partial charge in [0.05, 0.1) is 5.56 Å². The predicted octanol–water partition coefficient (Wildman–Crippen LogP) is 3.16. The topological polar surface area (TPSA) is 40.5 Å². The van der Waals surface area contributed by atoms with E-state index in [4.69, 9.17) is 5.11 Å². The lowest BCUT2D eigenvalue weighted by atomic mass is 10.1. The van der Waals surface area contributed by atoms with Gasteiger partial charge in [-0.2, -0.15) is 13.2 Å². The Hall–Kier alpha value is -1.72. The summed E-state index contributed by atoms with van der Waals surface area (Å²) in [6.07, 6.45) is -4.30. The van der Waals surface area contributed by atoms with Crippen LogP contribution in [0.4, 0.5) is 18.9 Å². The second-order valence-electron chi connectivity index (χ2n) is 4.19. The number of alkyl halides is 3. The monoisotopic (exact) mass is 261 g/mol. The van der Waals surface area contributed by atoms with E-state index in [-0.39, 0.29) is 11.6 Å². The molecule has 1 aromatic carbocycles. The molecule has 0 aliphatic rings. The van der Waals surface area contributed by atoms with Crippen molar-refractivity contribution in [3.05, 3.63) is 29.8 Å². The summed E-state index contributed by atoms with van der Waals surface area (Å²) in [4.78, 5) is 11.8. The number of halogens is 3. The molecule has 0 saturated carbocycles. The highest BCUT2D eigenvalue weighted by atomic mass is 19.4. The minimum atomic E-state index is -4.30. The molecule has 0 atom stereocenters. The zero-order valence-corrected chi connectivity index (χ0v) is 10.0. The van der Waals surface area contributed by atoms with Crippen molar-refractivity contribution in [1.29, 1.82) is 0 Å². The quantitative estimate of drug-likeness (QED) is 0.905. The highest BCUT2D eigenvalue weighted by Gasteiger charge is 2.32. The molecule has 6 heteroatoms. The first-order valence-electron chi connectivity index (χ1n) is 5.37. The fraction of sp³-hybridized carbons (Fsp3) is 0.417. The average molecular weight is 261 g/mol. The molecule has 0 amide bonds. The van der Waals surface area contributed by atoms with Crippen LogP contribution in [0, 0.1) is 0 Å². The third-order valence-electron chi connectivity index (χ3n) is 2.42. The van der Waals surface area contributed by atoms with Gasteiger partial charge in [0.15, 0.2) is 0 Å². The van der Waals surface area contributed by atoms with Crippen molar-refractivity contribution in [2.45, 2.75) is 26.1 Å². The zero-order chi connectivity index (χ0) is 13.9. The van der Waals surface area contributed by atoms with Gasteiger partial charge < -0.3 is 10.0 Å². The number of nitrogens with zero attached hydrogens (tertiary/aromatic N) is 1. The Morgan fingerprint density at radius 1 is 1.28 bits per heavy atom. The molecule has 0 heterocycles. The number of rotatable bonds is 4. The van der Waals surface area contributed by atoms with Gasteiger partial charge in [0.2, 0.25) is 0 Å². The van der Waals surface area contributed by atoms with Crippen LogP contribution < -0.4 is 4.90 Å². The minimum absolute atomic E-state index is 0.0504. The van der Waals surface area contributed by atoms with E-state index < -0.39 is 18.7 Å². The van der Waals surface area contributed by atoms with Gasteiger partial charge in [-0.05, 0) is 38.1 Å². The van der Waals surface area contributed by atoms with Crippen molar-refractivity contribution in [2.24, 2.45) is 0 Å². The fourth-order valence-electron chi connectivity index (χ4n) is 1.56. The maximum atomic E-state index is 12.4. The van der Waals surface area contributed by atoms with Crippen LogP contribution in [0.2, 0.25) is 0 Å². The predicted molar refractivity (Wildman–Crippen MR) is 61.9 cm³/mol. The molecule has 0 aromatic heterocycles. The van der Waals surface area contributed by atoms with Gasteiger partial charge in [0.25, 0.3) is 0 Å². The largest absolute Gasteiger partial charge is 0.478 e. The van der Waals surface area contributed by atoms with Gasteiger partial charge >= 0.3 is 12.1 Å². The standard InChI is InChI=1S/C12H14F3NO2/c1-8(2)16(7-12(13,14)15)10-5-3-9(4-6-10)11(17)18/h3-6,8H,7H2,1-2H3,(H,17,18). The molecule has 0 saturated heterocycles. The van der Waals surface area contributed by atoms with Crippen LogP contribution >= 0.6 is 0 Å². The Morgan fingerprint density at radius 2 is 1.78 bits per heavy atom. The summed E-state index contributed by atoms with van der Waals surface area (Å²) in [5.74, 6) is -1.10. The van der Waals surface area contributed by atoms with Gasteiger partial charge in [0, 0.05) is 11.7 Å². The van der Waals surface area contributed by atoms with Crippen molar-refractivity contribution < 1.29 is 23.1 Å². The fourth-order valence-corrected chi connectivity index (χ4v) is 1.56. The SMILES string of the molecule is CC(C)N(CC(F)(F)F)c1ccc(C(=O)O)cc1. The molecule has 1 N–H and O–H groups in total. The van der Waals surface area contributed by atoms with Crippen LogP contribution in [0.3, 0.4) is 0 Å². The molecule has 0 radical (unpaired) electrons. The molecule has 1 rings (SSSR count). The molecule has 0 fully saturated rings. The second-order valence-corrected chi connectivity index (χ2v) is 4.19. The first-order chi connectivity index (χ1) is 8.20. The zero-order valence-electron chi connectivity index (χ0n) is 10.0. The number of hydrogen-bond donors (Lipinski definition) is 1. The summed E-state index contributed by atoms with van der Waals surface area (Å²) >= 11 is 0. The summed E-state index contributed by atoms with van der Waals surface area (Å²) in [6.45, 7) is 2.24. The Kier molecular flexibility index (Phi) is 4.21. The maximum Gasteiger partial charge on any atom is 0.405 e. The number of carboxylic acids is 1. The van der Waals surface area contributed by atoms with E-state index in [1.165, 1.54) is 29.2 Å². The lowest BCUT2D eigenvalue weighted by molar-refractivity contribution is -0.120. The first-order valence-corrected chi connectivity index (χ1v) is 5.37. The van der Waals surface area contributed by atoms with Crippen molar-refractivity contribution in [2.75, 3.05) is 11.4 Å². The van der Waals surface area contributed by atoms with E-state index in [0.717, 1.165) is 0 Å². The molecule has 3 nitrogen and oxygen atoms in total. The van der Waals surface area contributed by atoms with Gasteiger partial charge in [-0.3, -0.25) is 0 Å². The highest BCUT2D eigenvalue weighted by molar-refractivity contribution is 5.88. The lowest BCUT2D eigenvalue weighted by Crippen LogP contribution is -2.39. The van der Waals surface area contributed by atoms with Crippen molar-refractivity contribution in [3.63, 3.8) is 0 Å². The van der Waals surface area contributed by atoms with Crippen molar-refractivity contribution >= 4 is 11.7 Å². The van der Waals surface area contributed by atoms with E-state index >= 15 is 0 Å². The molecule has 0 unspecified atom stereocenters. The van der Waals surface area contributed by atoms with E-state index in [9.17, 15) is 18.0 Å². The summed E-state index contributed by atoms with van der Waals surface area (Å²) in [7, 11) is 0. The Morgan fingerprint density at radius 3 is 2.11 bits per heavy atom. The number of hydrogen-bond acceptors (Lipinski definition) is 2. The van der Waals surface area contributed by atoms with Crippen LogP contribution in [0.15, 0.2) is 24.3 Å².